The zero-order chi connectivity index (χ0) is 11.1. The molecule has 0 saturated carbocycles. The maximum Gasteiger partial charge on any atom is 0.0553 e. The van der Waals surface area contributed by atoms with Crippen molar-refractivity contribution in [3.63, 3.8) is 0 Å². The number of hydrazine groups is 1. The molecular weight excluding hydrogens is 204 g/mol. The van der Waals surface area contributed by atoms with E-state index in [1.807, 2.05) is 11.3 Å². The molecule has 1 aromatic heterocycles. The van der Waals surface area contributed by atoms with E-state index in [0.29, 0.717) is 6.04 Å². The quantitative estimate of drug-likeness (QED) is 0.425. The van der Waals surface area contributed by atoms with E-state index in [1.165, 1.54) is 29.0 Å². The van der Waals surface area contributed by atoms with Crippen LogP contribution in [0.1, 0.15) is 55.3 Å². The minimum absolute atomic E-state index is 0.349. The highest BCUT2D eigenvalue weighted by atomic mass is 32.1. The molecule has 0 aliphatic rings. The van der Waals surface area contributed by atoms with Crippen molar-refractivity contribution in [1.29, 1.82) is 0 Å². The Balaban J connectivity index is 2.49. The lowest BCUT2D eigenvalue weighted by Crippen LogP contribution is -2.27. The van der Waals surface area contributed by atoms with E-state index >= 15 is 0 Å². The van der Waals surface area contributed by atoms with Gasteiger partial charge in [-0.2, -0.15) is 0 Å². The summed E-state index contributed by atoms with van der Waals surface area (Å²) >= 11 is 1.88. The van der Waals surface area contributed by atoms with Gasteiger partial charge in [-0.15, -0.1) is 11.3 Å². The van der Waals surface area contributed by atoms with Gasteiger partial charge >= 0.3 is 0 Å². The van der Waals surface area contributed by atoms with Crippen molar-refractivity contribution < 1.29 is 0 Å². The number of rotatable bonds is 7. The van der Waals surface area contributed by atoms with Gasteiger partial charge in [0.2, 0.25) is 0 Å². The predicted molar refractivity (Wildman–Crippen MR) is 67.9 cm³/mol. The van der Waals surface area contributed by atoms with Crippen LogP contribution in [0.2, 0.25) is 0 Å². The van der Waals surface area contributed by atoms with Gasteiger partial charge in [0.1, 0.15) is 0 Å². The van der Waals surface area contributed by atoms with Crippen molar-refractivity contribution in [3.8, 4) is 0 Å². The first-order valence-electron chi connectivity index (χ1n) is 5.86. The molecule has 86 valence electrons. The number of hydrogen-bond donors (Lipinski definition) is 2. The Hall–Kier alpha value is -0.380. The smallest absolute Gasteiger partial charge is 0.0553 e. The summed E-state index contributed by atoms with van der Waals surface area (Å²) in [7, 11) is 0. The first kappa shape index (κ1) is 12.7. The molecule has 1 heterocycles. The van der Waals surface area contributed by atoms with E-state index < -0.39 is 0 Å². The molecular formula is C12H22N2S. The van der Waals surface area contributed by atoms with Crippen LogP contribution in [0, 0.1) is 0 Å². The molecule has 0 spiro atoms. The molecule has 0 amide bonds. The fraction of sp³-hybridized carbons (Fsp3) is 0.667. The molecule has 2 nitrogen and oxygen atoms in total. The van der Waals surface area contributed by atoms with Gasteiger partial charge < -0.3 is 0 Å². The van der Waals surface area contributed by atoms with Crippen molar-refractivity contribution in [1.82, 2.24) is 5.43 Å². The Morgan fingerprint density at radius 2 is 2.13 bits per heavy atom. The Morgan fingerprint density at radius 3 is 2.67 bits per heavy atom. The molecule has 0 aromatic carbocycles. The molecule has 1 rings (SSSR count). The van der Waals surface area contributed by atoms with Crippen molar-refractivity contribution in [3.05, 3.63) is 21.9 Å². The predicted octanol–water partition coefficient (Wildman–Crippen LogP) is 3.40. The zero-order valence-electron chi connectivity index (χ0n) is 9.75. The number of nitrogens with two attached hydrogens (primary N) is 1. The lowest BCUT2D eigenvalue weighted by molar-refractivity contribution is 0.493. The Morgan fingerprint density at radius 1 is 1.33 bits per heavy atom. The number of nitrogens with one attached hydrogen (secondary N) is 1. The summed E-state index contributed by atoms with van der Waals surface area (Å²) in [5.74, 6) is 5.59. The molecule has 15 heavy (non-hydrogen) atoms. The maximum atomic E-state index is 5.59. The van der Waals surface area contributed by atoms with Gasteiger partial charge in [-0.05, 0) is 25.0 Å². The highest BCUT2D eigenvalue weighted by Gasteiger charge is 2.11. The minimum Gasteiger partial charge on any atom is -0.271 e. The molecule has 0 aliphatic carbocycles. The molecule has 0 saturated heterocycles. The van der Waals surface area contributed by atoms with Crippen LogP contribution in [0.4, 0.5) is 0 Å². The highest BCUT2D eigenvalue weighted by molar-refractivity contribution is 7.12. The zero-order valence-corrected chi connectivity index (χ0v) is 10.6. The summed E-state index contributed by atoms with van der Waals surface area (Å²) in [6, 6.07) is 4.77. The summed E-state index contributed by atoms with van der Waals surface area (Å²) < 4.78 is 0. The van der Waals surface area contributed by atoms with E-state index in [1.54, 1.807) is 0 Å². The van der Waals surface area contributed by atoms with Gasteiger partial charge in [0, 0.05) is 9.75 Å². The van der Waals surface area contributed by atoms with Crippen molar-refractivity contribution >= 4 is 11.3 Å². The van der Waals surface area contributed by atoms with Crippen molar-refractivity contribution in [2.75, 3.05) is 0 Å². The van der Waals surface area contributed by atoms with Crippen LogP contribution in [0.5, 0.6) is 0 Å². The third kappa shape index (κ3) is 3.93. The third-order valence-electron chi connectivity index (χ3n) is 2.67. The minimum atomic E-state index is 0.349. The van der Waals surface area contributed by atoms with Gasteiger partial charge in [0.05, 0.1) is 6.04 Å². The number of hydrogen-bond acceptors (Lipinski definition) is 3. The fourth-order valence-corrected chi connectivity index (χ4v) is 2.73. The molecule has 1 unspecified atom stereocenters. The monoisotopic (exact) mass is 226 g/mol. The number of unbranched alkanes of at least 4 members (excludes halogenated alkanes) is 2. The maximum absolute atomic E-state index is 5.59. The van der Waals surface area contributed by atoms with Crippen LogP contribution in [-0.2, 0) is 6.42 Å². The lowest BCUT2D eigenvalue weighted by atomic mass is 10.1. The molecule has 0 bridgehead atoms. The highest BCUT2D eigenvalue weighted by Crippen LogP contribution is 2.26. The standard InChI is InChI=1S/C12H22N2S/c1-3-5-6-7-11(14-13)12-9-8-10(4-2)15-12/h8-9,11,14H,3-7,13H2,1-2H3. The van der Waals surface area contributed by atoms with Crippen LogP contribution < -0.4 is 11.3 Å². The fourth-order valence-electron chi connectivity index (χ4n) is 1.68. The Bertz CT molecular complexity index is 270. The molecule has 1 atom stereocenters. The van der Waals surface area contributed by atoms with Gasteiger partial charge in [-0.3, -0.25) is 11.3 Å². The number of thiophene rings is 1. The van der Waals surface area contributed by atoms with Gasteiger partial charge in [-0.1, -0.05) is 33.1 Å². The molecule has 0 radical (unpaired) electrons. The van der Waals surface area contributed by atoms with E-state index in [9.17, 15) is 0 Å². The molecule has 0 aliphatic heterocycles. The van der Waals surface area contributed by atoms with Crippen LogP contribution in [0.25, 0.3) is 0 Å². The van der Waals surface area contributed by atoms with E-state index in [0.717, 1.165) is 12.8 Å². The van der Waals surface area contributed by atoms with Gasteiger partial charge in [0.15, 0.2) is 0 Å². The summed E-state index contributed by atoms with van der Waals surface area (Å²) in [6.45, 7) is 4.42. The number of aryl methyl sites for hydroxylation is 1. The second kappa shape index (κ2) is 6.99. The van der Waals surface area contributed by atoms with E-state index in [2.05, 4.69) is 31.4 Å². The Labute approximate surface area is 96.9 Å². The first-order chi connectivity index (χ1) is 7.31. The topological polar surface area (TPSA) is 38.0 Å². The average molecular weight is 226 g/mol. The van der Waals surface area contributed by atoms with E-state index in [-0.39, 0.29) is 0 Å². The summed E-state index contributed by atoms with van der Waals surface area (Å²) in [5.41, 5.74) is 2.93. The third-order valence-corrected chi connectivity index (χ3v) is 4.02. The molecule has 3 N–H and O–H groups in total. The average Bonchev–Trinajstić information content (AvgIpc) is 2.73. The lowest BCUT2D eigenvalue weighted by Gasteiger charge is -2.13. The summed E-state index contributed by atoms with van der Waals surface area (Å²) in [4.78, 5) is 2.83. The second-order valence-corrected chi connectivity index (χ2v) is 5.07. The second-order valence-electron chi connectivity index (χ2n) is 3.87. The Kier molecular flexibility index (Phi) is 5.91. The summed E-state index contributed by atoms with van der Waals surface area (Å²) in [6.07, 6.45) is 6.09. The SMILES string of the molecule is CCCCCC(NN)c1ccc(CC)s1. The largest absolute Gasteiger partial charge is 0.271 e. The molecule has 0 fully saturated rings. The van der Waals surface area contributed by atoms with Crippen molar-refractivity contribution in [2.45, 2.75) is 52.0 Å². The molecule has 1 aromatic rings. The van der Waals surface area contributed by atoms with E-state index in [4.69, 9.17) is 5.84 Å². The van der Waals surface area contributed by atoms with Crippen LogP contribution >= 0.6 is 11.3 Å². The molecule has 3 heteroatoms. The van der Waals surface area contributed by atoms with Gasteiger partial charge in [-0.25, -0.2) is 0 Å². The normalized spacial score (nSPS) is 13.0. The van der Waals surface area contributed by atoms with Crippen LogP contribution in [0.3, 0.4) is 0 Å². The first-order valence-corrected chi connectivity index (χ1v) is 6.68. The van der Waals surface area contributed by atoms with Crippen molar-refractivity contribution in [2.24, 2.45) is 5.84 Å². The van der Waals surface area contributed by atoms with Crippen LogP contribution in [-0.4, -0.2) is 0 Å². The van der Waals surface area contributed by atoms with Gasteiger partial charge in [0.25, 0.3) is 0 Å². The van der Waals surface area contributed by atoms with Crippen LogP contribution in [0.15, 0.2) is 12.1 Å². The summed E-state index contributed by atoms with van der Waals surface area (Å²) in [5, 5.41) is 0.